The van der Waals surface area contributed by atoms with Crippen LogP contribution < -0.4 is 4.72 Å². The molecule has 0 aliphatic heterocycles. The van der Waals surface area contributed by atoms with E-state index in [4.69, 9.17) is 0 Å². The molecule has 7 heteroatoms. The number of carboxylic acids is 1. The SMILES string of the molecule is Cc1ccc(S(=O)(=O)NCC(=Cc2ccc(Br)cc2)C(=O)O)cc1. The second-order valence-corrected chi connectivity index (χ2v) is 7.85. The van der Waals surface area contributed by atoms with Crippen LogP contribution >= 0.6 is 15.9 Å². The second-order valence-electron chi connectivity index (χ2n) is 5.16. The Morgan fingerprint density at radius 1 is 1.12 bits per heavy atom. The fourth-order valence-corrected chi connectivity index (χ4v) is 3.19. The lowest BCUT2D eigenvalue weighted by atomic mass is 10.1. The van der Waals surface area contributed by atoms with Crippen LogP contribution in [0.25, 0.3) is 6.08 Å². The molecule has 24 heavy (non-hydrogen) atoms. The third-order valence-corrected chi connectivity index (χ3v) is 5.22. The largest absolute Gasteiger partial charge is 0.478 e. The standard InChI is InChI=1S/C17H16BrNO4S/c1-12-2-8-16(9-3-12)24(22,23)19-11-14(17(20)21)10-13-4-6-15(18)7-5-13/h2-10,19H,11H2,1H3,(H,20,21). The smallest absolute Gasteiger partial charge is 0.332 e. The van der Waals surface area contributed by atoms with Crippen LogP contribution in [0.2, 0.25) is 0 Å². The van der Waals surface area contributed by atoms with Crippen molar-refractivity contribution in [2.45, 2.75) is 11.8 Å². The van der Waals surface area contributed by atoms with Crippen molar-refractivity contribution in [1.29, 1.82) is 0 Å². The van der Waals surface area contributed by atoms with Gasteiger partial charge in [0.1, 0.15) is 0 Å². The molecule has 2 N–H and O–H groups in total. The van der Waals surface area contributed by atoms with Crippen molar-refractivity contribution in [3.63, 3.8) is 0 Å². The minimum atomic E-state index is -3.77. The Morgan fingerprint density at radius 3 is 2.25 bits per heavy atom. The van der Waals surface area contributed by atoms with Crippen LogP contribution in [0, 0.1) is 6.92 Å². The first-order chi connectivity index (χ1) is 11.3. The number of hydrogen-bond acceptors (Lipinski definition) is 3. The summed E-state index contributed by atoms with van der Waals surface area (Å²) >= 11 is 3.30. The van der Waals surface area contributed by atoms with E-state index in [9.17, 15) is 18.3 Å². The molecule has 0 heterocycles. The monoisotopic (exact) mass is 409 g/mol. The summed E-state index contributed by atoms with van der Waals surface area (Å²) in [5.41, 5.74) is 1.56. The number of carbonyl (C=O) groups is 1. The van der Waals surface area contributed by atoms with Gasteiger partial charge in [-0.3, -0.25) is 0 Å². The molecule has 2 aromatic rings. The summed E-state index contributed by atoms with van der Waals surface area (Å²) in [6.07, 6.45) is 1.44. The molecule has 0 aliphatic rings. The molecule has 0 amide bonds. The van der Waals surface area contributed by atoms with Crippen LogP contribution in [-0.4, -0.2) is 26.0 Å². The van der Waals surface area contributed by atoms with E-state index >= 15 is 0 Å². The van der Waals surface area contributed by atoms with Crippen LogP contribution in [0.4, 0.5) is 0 Å². The summed E-state index contributed by atoms with van der Waals surface area (Å²) in [5, 5.41) is 9.28. The van der Waals surface area contributed by atoms with Crippen molar-refractivity contribution in [3.05, 3.63) is 69.7 Å². The number of benzene rings is 2. The van der Waals surface area contributed by atoms with Crippen molar-refractivity contribution in [2.75, 3.05) is 6.54 Å². The van der Waals surface area contributed by atoms with E-state index in [1.54, 1.807) is 36.4 Å². The quantitative estimate of drug-likeness (QED) is 0.717. The van der Waals surface area contributed by atoms with Crippen LogP contribution in [-0.2, 0) is 14.8 Å². The predicted molar refractivity (Wildman–Crippen MR) is 96.1 cm³/mol. The molecule has 0 aliphatic carbocycles. The summed E-state index contributed by atoms with van der Waals surface area (Å²) in [5.74, 6) is -1.18. The molecule has 0 radical (unpaired) electrons. The third-order valence-electron chi connectivity index (χ3n) is 3.27. The highest BCUT2D eigenvalue weighted by atomic mass is 79.9. The number of rotatable bonds is 6. The van der Waals surface area contributed by atoms with Gasteiger partial charge in [-0.15, -0.1) is 0 Å². The maximum absolute atomic E-state index is 12.2. The molecule has 0 bridgehead atoms. The van der Waals surface area contributed by atoms with E-state index < -0.39 is 16.0 Å². The lowest BCUT2D eigenvalue weighted by Gasteiger charge is -2.08. The Labute approximate surface area is 149 Å². The Bertz CT molecular complexity index is 856. The number of nitrogens with one attached hydrogen (secondary N) is 1. The topological polar surface area (TPSA) is 83.5 Å². The van der Waals surface area contributed by atoms with Crippen LogP contribution in [0.15, 0.2) is 63.5 Å². The van der Waals surface area contributed by atoms with Gasteiger partial charge < -0.3 is 5.11 Å². The van der Waals surface area contributed by atoms with Crippen molar-refractivity contribution >= 4 is 38.0 Å². The maximum Gasteiger partial charge on any atom is 0.332 e. The molecule has 5 nitrogen and oxygen atoms in total. The molecule has 0 unspecified atom stereocenters. The zero-order valence-corrected chi connectivity index (χ0v) is 15.3. The normalized spacial score (nSPS) is 12.2. The van der Waals surface area contributed by atoms with Crippen molar-refractivity contribution in [3.8, 4) is 0 Å². The number of sulfonamides is 1. The average molecular weight is 410 g/mol. The van der Waals surface area contributed by atoms with Crippen LogP contribution in [0.5, 0.6) is 0 Å². The maximum atomic E-state index is 12.2. The van der Waals surface area contributed by atoms with E-state index in [1.807, 2.05) is 6.92 Å². The zero-order chi connectivity index (χ0) is 17.7. The first-order valence-electron chi connectivity index (χ1n) is 7.04. The Balaban J connectivity index is 2.18. The van der Waals surface area contributed by atoms with Gasteiger partial charge in [0.2, 0.25) is 10.0 Å². The first-order valence-corrected chi connectivity index (χ1v) is 9.31. The van der Waals surface area contributed by atoms with Gasteiger partial charge >= 0.3 is 5.97 Å². The van der Waals surface area contributed by atoms with Crippen molar-refractivity contribution in [1.82, 2.24) is 4.72 Å². The third kappa shape index (κ3) is 5.02. The van der Waals surface area contributed by atoms with E-state index in [0.29, 0.717) is 5.56 Å². The molecule has 0 fully saturated rings. The summed E-state index contributed by atoms with van der Waals surface area (Å²) in [7, 11) is -3.77. The summed E-state index contributed by atoms with van der Waals surface area (Å²) in [6.45, 7) is 1.55. The predicted octanol–water partition coefficient (Wildman–Crippen LogP) is 3.20. The molecule has 0 atom stereocenters. The number of aryl methyl sites for hydroxylation is 1. The number of carboxylic acid groups (broad SMARTS) is 1. The lowest BCUT2D eigenvalue weighted by Crippen LogP contribution is -2.28. The van der Waals surface area contributed by atoms with Crippen molar-refractivity contribution < 1.29 is 18.3 Å². The van der Waals surface area contributed by atoms with Gasteiger partial charge in [-0.1, -0.05) is 45.8 Å². The molecular formula is C17H16BrNO4S. The summed E-state index contributed by atoms with van der Waals surface area (Å²) < 4.78 is 27.7. The lowest BCUT2D eigenvalue weighted by molar-refractivity contribution is -0.132. The van der Waals surface area contributed by atoms with Crippen LogP contribution in [0.3, 0.4) is 0 Å². The van der Waals surface area contributed by atoms with Gasteiger partial charge in [0.15, 0.2) is 0 Å². The minimum absolute atomic E-state index is 0.0481. The van der Waals surface area contributed by atoms with Gasteiger partial charge in [-0.25, -0.2) is 17.9 Å². The molecule has 0 saturated heterocycles. The van der Waals surface area contributed by atoms with E-state index in [2.05, 4.69) is 20.7 Å². The molecular weight excluding hydrogens is 394 g/mol. The van der Waals surface area contributed by atoms with Gasteiger partial charge in [-0.2, -0.15) is 0 Å². The van der Waals surface area contributed by atoms with E-state index in [0.717, 1.165) is 10.0 Å². The van der Waals surface area contributed by atoms with Gasteiger partial charge in [-0.05, 0) is 42.8 Å². The van der Waals surface area contributed by atoms with Gasteiger partial charge in [0.25, 0.3) is 0 Å². The summed E-state index contributed by atoms with van der Waals surface area (Å²) in [6, 6.07) is 13.4. The molecule has 2 rings (SSSR count). The van der Waals surface area contributed by atoms with Crippen molar-refractivity contribution in [2.24, 2.45) is 0 Å². The zero-order valence-electron chi connectivity index (χ0n) is 12.9. The fourth-order valence-electron chi connectivity index (χ4n) is 1.92. The van der Waals surface area contributed by atoms with Gasteiger partial charge in [0, 0.05) is 11.0 Å². The Kier molecular flexibility index (Phi) is 5.93. The Morgan fingerprint density at radius 2 is 1.71 bits per heavy atom. The molecule has 0 spiro atoms. The van der Waals surface area contributed by atoms with E-state index in [1.165, 1.54) is 18.2 Å². The van der Waals surface area contributed by atoms with Crippen LogP contribution in [0.1, 0.15) is 11.1 Å². The average Bonchev–Trinajstić information content (AvgIpc) is 2.53. The highest BCUT2D eigenvalue weighted by molar-refractivity contribution is 9.10. The highest BCUT2D eigenvalue weighted by Gasteiger charge is 2.16. The second kappa shape index (κ2) is 7.74. The molecule has 0 saturated carbocycles. The Hall–Kier alpha value is -1.96. The van der Waals surface area contributed by atoms with E-state index in [-0.39, 0.29) is 17.0 Å². The molecule has 0 aromatic heterocycles. The fraction of sp³-hybridized carbons (Fsp3) is 0.118. The molecule has 126 valence electrons. The van der Waals surface area contributed by atoms with Gasteiger partial charge in [0.05, 0.1) is 10.5 Å². The highest BCUT2D eigenvalue weighted by Crippen LogP contribution is 2.14. The number of halogens is 1. The minimum Gasteiger partial charge on any atom is -0.478 e. The first kappa shape index (κ1) is 18.4. The molecule has 2 aromatic carbocycles. The number of aliphatic carboxylic acids is 1. The summed E-state index contributed by atoms with van der Waals surface area (Å²) in [4.78, 5) is 11.5. The number of hydrogen-bond donors (Lipinski definition) is 2.